The number of aryl methyl sites for hydroxylation is 2. The van der Waals surface area contributed by atoms with Crippen molar-refractivity contribution in [3.63, 3.8) is 0 Å². The highest BCUT2D eigenvalue weighted by Gasteiger charge is 2.22. The molecule has 0 fully saturated rings. The van der Waals surface area contributed by atoms with Crippen LogP contribution < -0.4 is 19.6 Å². The molecule has 0 aliphatic carbocycles. The molecular weight excluding hydrogens is 993 g/mol. The van der Waals surface area contributed by atoms with Crippen molar-refractivity contribution in [3.8, 4) is 11.1 Å². The molecule has 0 heterocycles. The zero-order valence-electron chi connectivity index (χ0n) is 45.8. The van der Waals surface area contributed by atoms with Crippen molar-refractivity contribution in [2.75, 3.05) is 19.6 Å². The second kappa shape index (κ2) is 21.5. The third-order valence-electron chi connectivity index (χ3n) is 15.9. The molecule has 0 saturated carbocycles. The van der Waals surface area contributed by atoms with Crippen LogP contribution in [-0.2, 0) is 0 Å². The van der Waals surface area contributed by atoms with Gasteiger partial charge in [-0.25, -0.2) is 0 Å². The first-order valence-corrected chi connectivity index (χ1v) is 28.1. The minimum absolute atomic E-state index is 1.07. The van der Waals surface area contributed by atoms with Gasteiger partial charge in [-0.2, -0.15) is 0 Å². The molecule has 0 aromatic heterocycles. The number of rotatable bonds is 13. The van der Waals surface area contributed by atoms with E-state index in [1.807, 2.05) is 0 Å². The lowest BCUT2D eigenvalue weighted by molar-refractivity contribution is 1.26. The van der Waals surface area contributed by atoms with E-state index in [1.54, 1.807) is 0 Å². The largest absolute Gasteiger partial charge is 0.310 e. The van der Waals surface area contributed by atoms with Gasteiger partial charge >= 0.3 is 0 Å². The quantitative estimate of drug-likeness (QED) is 0.114. The molecule has 0 atom stereocenters. The van der Waals surface area contributed by atoms with Gasteiger partial charge in [-0.05, 0) is 168 Å². The van der Waals surface area contributed by atoms with Gasteiger partial charge in [0, 0.05) is 67.0 Å². The number of nitrogens with zero attached hydrogens (tertiary/aromatic N) is 4. The Morgan fingerprint density at radius 2 is 0.354 bits per heavy atom. The first kappa shape index (κ1) is 49.6. The monoisotopic (exact) mass is 1050 g/mol. The van der Waals surface area contributed by atoms with Gasteiger partial charge in [-0.15, -0.1) is 0 Å². The highest BCUT2D eigenvalue weighted by molar-refractivity contribution is 6.03. The summed E-state index contributed by atoms with van der Waals surface area (Å²) in [4.78, 5) is 9.53. The van der Waals surface area contributed by atoms with Crippen LogP contribution in [0.15, 0.2) is 315 Å². The van der Waals surface area contributed by atoms with Crippen molar-refractivity contribution >= 4 is 111 Å². The minimum Gasteiger partial charge on any atom is -0.310 e. The van der Waals surface area contributed by atoms with Gasteiger partial charge in [-0.1, -0.05) is 205 Å². The maximum atomic E-state index is 2.39. The molecular formula is C78H58N4. The molecule has 0 aliphatic rings. The van der Waals surface area contributed by atoms with E-state index in [0.29, 0.717) is 0 Å². The second-order valence-electron chi connectivity index (χ2n) is 21.1. The molecule has 390 valence electrons. The molecule has 4 heteroatoms. The molecule has 14 aromatic rings. The first-order chi connectivity index (χ1) is 40.5. The van der Waals surface area contributed by atoms with Gasteiger partial charge in [0.2, 0.25) is 0 Å². The third-order valence-corrected chi connectivity index (χ3v) is 15.9. The van der Waals surface area contributed by atoms with Gasteiger partial charge in [0.25, 0.3) is 0 Å². The Morgan fingerprint density at radius 1 is 0.171 bits per heavy atom. The van der Waals surface area contributed by atoms with Crippen molar-refractivity contribution in [2.45, 2.75) is 13.8 Å². The lowest BCUT2D eigenvalue weighted by atomic mass is 10.0. The van der Waals surface area contributed by atoms with Crippen molar-refractivity contribution in [1.82, 2.24) is 0 Å². The Balaban J connectivity index is 0.818. The molecule has 0 spiro atoms. The standard InChI is InChI=1S/C78H58N4/c1-55-31-39-63(40-32-55)79(75-27-11-19-59-15-3-7-23-71(59)75)67-47-51-69(52-48-67)81(77-29-13-21-61-17-5-9-25-73(61)77)65-43-35-57(36-44-65)58-37-45-66(46-38-58)82(78-30-14-22-62-18-6-10-26-74(62)78)70-53-49-68(50-54-70)80(64-41-33-56(2)34-42-64)76-28-12-20-60-16-4-8-24-72(60)76/h3-54H,1-2H3. The first-order valence-electron chi connectivity index (χ1n) is 28.1. The molecule has 0 aliphatic heterocycles. The van der Waals surface area contributed by atoms with Crippen LogP contribution in [0.2, 0.25) is 0 Å². The van der Waals surface area contributed by atoms with E-state index in [9.17, 15) is 0 Å². The Kier molecular flexibility index (Phi) is 13.0. The summed E-state index contributed by atoms with van der Waals surface area (Å²) in [5, 5.41) is 9.58. The lowest BCUT2D eigenvalue weighted by Crippen LogP contribution is -2.13. The van der Waals surface area contributed by atoms with Crippen LogP contribution in [0.5, 0.6) is 0 Å². The van der Waals surface area contributed by atoms with E-state index in [1.165, 1.54) is 54.2 Å². The normalized spacial score (nSPS) is 11.3. The van der Waals surface area contributed by atoms with Crippen LogP contribution in [0.1, 0.15) is 11.1 Å². The number of fused-ring (bicyclic) bond motifs is 4. The van der Waals surface area contributed by atoms with E-state index in [2.05, 4.69) is 349 Å². The second-order valence-corrected chi connectivity index (χ2v) is 21.1. The average molecular weight is 1050 g/mol. The highest BCUT2D eigenvalue weighted by Crippen LogP contribution is 2.46. The van der Waals surface area contributed by atoms with Gasteiger partial charge in [-0.3, -0.25) is 0 Å². The zero-order valence-corrected chi connectivity index (χ0v) is 45.8. The van der Waals surface area contributed by atoms with E-state index in [4.69, 9.17) is 0 Å². The molecule has 0 unspecified atom stereocenters. The minimum atomic E-state index is 1.07. The predicted molar refractivity (Wildman–Crippen MR) is 350 cm³/mol. The fourth-order valence-electron chi connectivity index (χ4n) is 11.8. The average Bonchev–Trinajstić information content (AvgIpc) is 3.64. The molecule has 0 N–H and O–H groups in total. The summed E-state index contributed by atoms with van der Waals surface area (Å²) in [6, 6.07) is 115. The summed E-state index contributed by atoms with van der Waals surface area (Å²) in [7, 11) is 0. The summed E-state index contributed by atoms with van der Waals surface area (Å²) < 4.78 is 0. The summed E-state index contributed by atoms with van der Waals surface area (Å²) in [5.74, 6) is 0. The van der Waals surface area contributed by atoms with Crippen LogP contribution in [-0.4, -0.2) is 0 Å². The Morgan fingerprint density at radius 3 is 0.585 bits per heavy atom. The van der Waals surface area contributed by atoms with E-state index < -0.39 is 0 Å². The molecule has 4 nitrogen and oxygen atoms in total. The van der Waals surface area contributed by atoms with Crippen molar-refractivity contribution in [3.05, 3.63) is 327 Å². The lowest BCUT2D eigenvalue weighted by Gasteiger charge is -2.30. The van der Waals surface area contributed by atoms with Gasteiger partial charge < -0.3 is 19.6 Å². The molecule has 0 radical (unpaired) electrons. The Bertz CT molecular complexity index is 4250. The molecule has 0 bridgehead atoms. The van der Waals surface area contributed by atoms with E-state index in [0.717, 1.165) is 79.4 Å². The maximum Gasteiger partial charge on any atom is 0.0540 e. The summed E-state index contributed by atoms with van der Waals surface area (Å²) in [5.41, 5.74) is 17.9. The van der Waals surface area contributed by atoms with Crippen LogP contribution >= 0.6 is 0 Å². The van der Waals surface area contributed by atoms with Crippen molar-refractivity contribution < 1.29 is 0 Å². The molecule has 82 heavy (non-hydrogen) atoms. The maximum absolute atomic E-state index is 2.39. The number of hydrogen-bond donors (Lipinski definition) is 0. The van der Waals surface area contributed by atoms with Gasteiger partial charge in [0.05, 0.1) is 22.7 Å². The van der Waals surface area contributed by atoms with Gasteiger partial charge in [0.1, 0.15) is 0 Å². The van der Waals surface area contributed by atoms with E-state index >= 15 is 0 Å². The van der Waals surface area contributed by atoms with E-state index in [-0.39, 0.29) is 0 Å². The van der Waals surface area contributed by atoms with Crippen LogP contribution in [0.25, 0.3) is 54.2 Å². The summed E-state index contributed by atoms with van der Waals surface area (Å²) in [6.07, 6.45) is 0. The molecule has 14 rings (SSSR count). The van der Waals surface area contributed by atoms with Gasteiger partial charge in [0.15, 0.2) is 0 Å². The number of hydrogen-bond acceptors (Lipinski definition) is 4. The summed E-state index contributed by atoms with van der Waals surface area (Å²) in [6.45, 7) is 4.28. The fraction of sp³-hybridized carbons (Fsp3) is 0.0256. The summed E-state index contributed by atoms with van der Waals surface area (Å²) >= 11 is 0. The topological polar surface area (TPSA) is 13.0 Å². The zero-order chi connectivity index (χ0) is 54.9. The smallest absolute Gasteiger partial charge is 0.0540 e. The Hall–Kier alpha value is -10.7. The molecule has 0 saturated heterocycles. The van der Waals surface area contributed by atoms with Crippen LogP contribution in [0.3, 0.4) is 0 Å². The molecule has 0 amide bonds. The molecule has 14 aromatic carbocycles. The van der Waals surface area contributed by atoms with Crippen LogP contribution in [0, 0.1) is 13.8 Å². The highest BCUT2D eigenvalue weighted by atomic mass is 15.2. The Labute approximate surface area is 479 Å². The fourth-order valence-corrected chi connectivity index (χ4v) is 11.8. The number of benzene rings is 14. The predicted octanol–water partition coefficient (Wildman–Crippen LogP) is 22.5. The third kappa shape index (κ3) is 9.42. The van der Waals surface area contributed by atoms with Crippen molar-refractivity contribution in [2.24, 2.45) is 0 Å². The van der Waals surface area contributed by atoms with Crippen LogP contribution in [0.4, 0.5) is 68.2 Å². The SMILES string of the molecule is Cc1ccc(N(c2ccc(N(c3ccc(-c4ccc(N(c5ccc(N(c6ccc(C)cc6)c6cccc7ccccc67)cc5)c5cccc6ccccc56)cc4)cc3)c3cccc4ccccc34)cc2)c2cccc3ccccc23)cc1. The van der Waals surface area contributed by atoms with Crippen molar-refractivity contribution in [1.29, 1.82) is 0 Å². The number of anilines is 12.